The Labute approximate surface area is 142 Å². The molecule has 0 spiro atoms. The van der Waals surface area contributed by atoms with Crippen LogP contribution in [0.15, 0.2) is 54.6 Å². The molecular formula is C19H21ClN2O. The monoisotopic (exact) mass is 328 g/mol. The van der Waals surface area contributed by atoms with E-state index in [1.165, 1.54) is 5.69 Å². The summed E-state index contributed by atoms with van der Waals surface area (Å²) in [4.78, 5) is 16.7. The summed E-state index contributed by atoms with van der Waals surface area (Å²) in [5, 5.41) is 0.728. The van der Waals surface area contributed by atoms with Gasteiger partial charge in [0.2, 0.25) is 5.91 Å². The number of piperazine rings is 1. The Balaban J connectivity index is 1.48. The van der Waals surface area contributed by atoms with Gasteiger partial charge < -0.3 is 9.80 Å². The maximum atomic E-state index is 12.4. The molecule has 0 atom stereocenters. The number of benzene rings is 2. The number of nitrogens with zero attached hydrogens (tertiary/aromatic N) is 2. The van der Waals surface area contributed by atoms with Gasteiger partial charge in [0.15, 0.2) is 0 Å². The molecule has 0 aromatic heterocycles. The molecule has 2 aromatic rings. The highest BCUT2D eigenvalue weighted by Crippen LogP contribution is 2.17. The van der Waals surface area contributed by atoms with E-state index >= 15 is 0 Å². The highest BCUT2D eigenvalue weighted by atomic mass is 35.5. The first kappa shape index (κ1) is 15.9. The SMILES string of the molecule is O=C(CCc1cccc(Cl)c1)N1CCN(c2ccccc2)CC1. The van der Waals surface area contributed by atoms with Gasteiger partial charge in [0.25, 0.3) is 0 Å². The zero-order chi connectivity index (χ0) is 16.1. The lowest BCUT2D eigenvalue weighted by Gasteiger charge is -2.36. The van der Waals surface area contributed by atoms with Gasteiger partial charge in [0, 0.05) is 43.3 Å². The van der Waals surface area contributed by atoms with Crippen molar-refractivity contribution in [3.8, 4) is 0 Å². The van der Waals surface area contributed by atoms with Crippen molar-refractivity contribution in [1.82, 2.24) is 4.90 Å². The zero-order valence-corrected chi connectivity index (χ0v) is 13.9. The number of carbonyl (C=O) groups excluding carboxylic acids is 1. The van der Waals surface area contributed by atoms with E-state index in [0.29, 0.717) is 6.42 Å². The Kier molecular flexibility index (Phi) is 5.19. The second kappa shape index (κ2) is 7.51. The number of rotatable bonds is 4. The van der Waals surface area contributed by atoms with E-state index in [0.717, 1.165) is 43.2 Å². The third-order valence-corrected chi connectivity index (χ3v) is 4.51. The summed E-state index contributed by atoms with van der Waals surface area (Å²) in [6.07, 6.45) is 1.30. The Morgan fingerprint density at radius 2 is 1.70 bits per heavy atom. The number of hydrogen-bond donors (Lipinski definition) is 0. The van der Waals surface area contributed by atoms with Gasteiger partial charge in [-0.2, -0.15) is 0 Å². The van der Waals surface area contributed by atoms with Crippen LogP contribution in [0.4, 0.5) is 5.69 Å². The van der Waals surface area contributed by atoms with E-state index in [-0.39, 0.29) is 5.91 Å². The Morgan fingerprint density at radius 3 is 2.39 bits per heavy atom. The van der Waals surface area contributed by atoms with Crippen LogP contribution >= 0.6 is 11.6 Å². The molecule has 1 aliphatic rings. The quantitative estimate of drug-likeness (QED) is 0.855. The van der Waals surface area contributed by atoms with E-state index in [4.69, 9.17) is 11.6 Å². The summed E-state index contributed by atoms with van der Waals surface area (Å²) < 4.78 is 0. The Morgan fingerprint density at radius 1 is 0.957 bits per heavy atom. The summed E-state index contributed by atoms with van der Waals surface area (Å²) in [7, 11) is 0. The minimum Gasteiger partial charge on any atom is -0.368 e. The molecular weight excluding hydrogens is 308 g/mol. The second-order valence-corrected chi connectivity index (χ2v) is 6.27. The molecule has 0 radical (unpaired) electrons. The standard InChI is InChI=1S/C19H21ClN2O/c20-17-6-4-5-16(15-17)9-10-19(23)22-13-11-21(12-14-22)18-7-2-1-3-8-18/h1-8,15H,9-14H2. The Bertz CT molecular complexity index is 651. The average Bonchev–Trinajstić information content (AvgIpc) is 2.61. The summed E-state index contributed by atoms with van der Waals surface area (Å²) in [5.74, 6) is 0.234. The van der Waals surface area contributed by atoms with Crippen LogP contribution in [-0.2, 0) is 11.2 Å². The van der Waals surface area contributed by atoms with E-state index in [2.05, 4.69) is 29.2 Å². The van der Waals surface area contributed by atoms with Crippen molar-refractivity contribution >= 4 is 23.2 Å². The molecule has 1 aliphatic heterocycles. The van der Waals surface area contributed by atoms with Crippen LogP contribution in [0.5, 0.6) is 0 Å². The zero-order valence-electron chi connectivity index (χ0n) is 13.1. The maximum Gasteiger partial charge on any atom is 0.223 e. The predicted molar refractivity (Wildman–Crippen MR) is 95.0 cm³/mol. The molecule has 4 heteroatoms. The van der Waals surface area contributed by atoms with Crippen LogP contribution in [0, 0.1) is 0 Å². The average molecular weight is 329 g/mol. The molecule has 1 fully saturated rings. The minimum absolute atomic E-state index is 0.234. The lowest BCUT2D eigenvalue weighted by Crippen LogP contribution is -2.48. The van der Waals surface area contributed by atoms with Crippen LogP contribution in [-0.4, -0.2) is 37.0 Å². The maximum absolute atomic E-state index is 12.4. The summed E-state index contributed by atoms with van der Waals surface area (Å²) in [6.45, 7) is 3.38. The minimum atomic E-state index is 0.234. The van der Waals surface area contributed by atoms with E-state index < -0.39 is 0 Å². The first-order valence-corrected chi connectivity index (χ1v) is 8.42. The third-order valence-electron chi connectivity index (χ3n) is 4.27. The molecule has 1 saturated heterocycles. The number of halogens is 1. The number of amides is 1. The van der Waals surface area contributed by atoms with Gasteiger partial charge in [0.05, 0.1) is 0 Å². The fourth-order valence-corrected chi connectivity index (χ4v) is 3.17. The van der Waals surface area contributed by atoms with Crippen LogP contribution in [0.1, 0.15) is 12.0 Å². The highest BCUT2D eigenvalue weighted by molar-refractivity contribution is 6.30. The van der Waals surface area contributed by atoms with Gasteiger partial charge in [-0.1, -0.05) is 41.9 Å². The fraction of sp³-hybridized carbons (Fsp3) is 0.316. The molecule has 120 valence electrons. The molecule has 1 heterocycles. The highest BCUT2D eigenvalue weighted by Gasteiger charge is 2.20. The van der Waals surface area contributed by atoms with Gasteiger partial charge in [-0.05, 0) is 36.2 Å². The first-order chi connectivity index (χ1) is 11.2. The van der Waals surface area contributed by atoms with Gasteiger partial charge in [-0.25, -0.2) is 0 Å². The van der Waals surface area contributed by atoms with Crippen molar-refractivity contribution in [2.24, 2.45) is 0 Å². The van der Waals surface area contributed by atoms with Gasteiger partial charge in [-0.3, -0.25) is 4.79 Å². The lowest BCUT2D eigenvalue weighted by molar-refractivity contribution is -0.131. The third kappa shape index (κ3) is 4.26. The summed E-state index contributed by atoms with van der Waals surface area (Å²) >= 11 is 5.98. The number of aryl methyl sites for hydroxylation is 1. The number of para-hydroxylation sites is 1. The number of carbonyl (C=O) groups is 1. The van der Waals surface area contributed by atoms with Crippen molar-refractivity contribution in [2.45, 2.75) is 12.8 Å². The fourth-order valence-electron chi connectivity index (χ4n) is 2.95. The van der Waals surface area contributed by atoms with Crippen molar-refractivity contribution < 1.29 is 4.79 Å². The molecule has 0 N–H and O–H groups in total. The molecule has 3 nitrogen and oxygen atoms in total. The van der Waals surface area contributed by atoms with Crippen LogP contribution in [0.3, 0.4) is 0 Å². The van der Waals surface area contributed by atoms with E-state index in [1.54, 1.807) is 0 Å². The Hall–Kier alpha value is -2.00. The van der Waals surface area contributed by atoms with Crippen LogP contribution in [0.2, 0.25) is 5.02 Å². The van der Waals surface area contributed by atoms with Gasteiger partial charge >= 0.3 is 0 Å². The van der Waals surface area contributed by atoms with Gasteiger partial charge in [0.1, 0.15) is 0 Å². The normalized spacial score (nSPS) is 14.8. The van der Waals surface area contributed by atoms with E-state index in [1.807, 2.05) is 35.2 Å². The molecule has 2 aromatic carbocycles. The van der Waals surface area contributed by atoms with Crippen molar-refractivity contribution in [3.63, 3.8) is 0 Å². The van der Waals surface area contributed by atoms with Crippen LogP contribution < -0.4 is 4.90 Å². The molecule has 0 aliphatic carbocycles. The molecule has 0 saturated carbocycles. The van der Waals surface area contributed by atoms with Crippen molar-refractivity contribution in [1.29, 1.82) is 0 Å². The van der Waals surface area contributed by atoms with Crippen molar-refractivity contribution in [3.05, 3.63) is 65.2 Å². The molecule has 1 amide bonds. The molecule has 0 bridgehead atoms. The van der Waals surface area contributed by atoms with E-state index in [9.17, 15) is 4.79 Å². The summed E-state index contributed by atoms with van der Waals surface area (Å²) in [5.41, 5.74) is 2.35. The summed E-state index contributed by atoms with van der Waals surface area (Å²) in [6, 6.07) is 18.1. The molecule has 23 heavy (non-hydrogen) atoms. The molecule has 3 rings (SSSR count). The predicted octanol–water partition coefficient (Wildman–Crippen LogP) is 3.62. The first-order valence-electron chi connectivity index (χ1n) is 8.04. The topological polar surface area (TPSA) is 23.6 Å². The van der Waals surface area contributed by atoms with Crippen molar-refractivity contribution in [2.75, 3.05) is 31.1 Å². The van der Waals surface area contributed by atoms with Gasteiger partial charge in [-0.15, -0.1) is 0 Å². The smallest absolute Gasteiger partial charge is 0.223 e. The lowest BCUT2D eigenvalue weighted by atomic mass is 10.1. The van der Waals surface area contributed by atoms with Crippen LogP contribution in [0.25, 0.3) is 0 Å². The number of hydrogen-bond acceptors (Lipinski definition) is 2. The molecule has 0 unspecified atom stereocenters. The largest absolute Gasteiger partial charge is 0.368 e. The number of anilines is 1. The second-order valence-electron chi connectivity index (χ2n) is 5.83.